The number of carbonyl (C=O) groups is 2. The number of benzene rings is 1. The number of allylic oxidation sites excluding steroid dienone is 2. The fraction of sp³-hybridized carbons (Fsp3) is 0.300. The van der Waals surface area contributed by atoms with Gasteiger partial charge in [-0.05, 0) is 31.2 Å². The van der Waals surface area contributed by atoms with E-state index in [1.54, 1.807) is 0 Å². The second kappa shape index (κ2) is 7.00. The summed E-state index contributed by atoms with van der Waals surface area (Å²) < 4.78 is 6.20. The Hall–Kier alpha value is -1.92. The molecule has 1 aromatic rings. The SMILES string of the molecule is CCOC(=O)[C@@H]1SC(SC)=C2C(=O)C(c3ccccc3)=C3C=CC[C@@H]1N32. The van der Waals surface area contributed by atoms with Crippen LogP contribution >= 0.6 is 23.5 Å². The minimum absolute atomic E-state index is 0.0434. The molecular weight excluding hydrogens is 366 g/mol. The minimum atomic E-state index is -0.330. The smallest absolute Gasteiger partial charge is 0.321 e. The van der Waals surface area contributed by atoms with Gasteiger partial charge in [0.15, 0.2) is 0 Å². The molecule has 0 fully saturated rings. The first-order valence-corrected chi connectivity index (χ1v) is 10.7. The van der Waals surface area contributed by atoms with Crippen molar-refractivity contribution in [1.29, 1.82) is 0 Å². The molecule has 4 nitrogen and oxygen atoms in total. The highest BCUT2D eigenvalue weighted by molar-refractivity contribution is 8.22. The van der Waals surface area contributed by atoms with Gasteiger partial charge < -0.3 is 9.64 Å². The Bertz CT molecular complexity index is 857. The van der Waals surface area contributed by atoms with Crippen LogP contribution in [0.4, 0.5) is 0 Å². The van der Waals surface area contributed by atoms with Crippen LogP contribution < -0.4 is 0 Å². The summed E-state index contributed by atoms with van der Waals surface area (Å²) in [6, 6.07) is 9.67. The van der Waals surface area contributed by atoms with Crippen molar-refractivity contribution in [3.63, 3.8) is 0 Å². The molecule has 0 amide bonds. The van der Waals surface area contributed by atoms with E-state index in [0.29, 0.717) is 12.3 Å². The van der Waals surface area contributed by atoms with E-state index in [4.69, 9.17) is 4.74 Å². The third-order valence-electron chi connectivity index (χ3n) is 4.73. The van der Waals surface area contributed by atoms with Gasteiger partial charge in [-0.1, -0.05) is 48.2 Å². The first-order valence-electron chi connectivity index (χ1n) is 8.59. The lowest BCUT2D eigenvalue weighted by Gasteiger charge is -2.41. The number of rotatable bonds is 4. The number of ether oxygens (including phenoxy) is 1. The lowest BCUT2D eigenvalue weighted by molar-refractivity contribution is -0.143. The van der Waals surface area contributed by atoms with E-state index in [1.165, 1.54) is 23.5 Å². The molecule has 6 heteroatoms. The average molecular weight is 386 g/mol. The Kier molecular flexibility index (Phi) is 4.71. The van der Waals surface area contributed by atoms with Crippen LogP contribution in [0, 0.1) is 0 Å². The van der Waals surface area contributed by atoms with Gasteiger partial charge in [0.25, 0.3) is 0 Å². The summed E-state index contributed by atoms with van der Waals surface area (Å²) in [5, 5.41) is -0.330. The van der Waals surface area contributed by atoms with Crippen LogP contribution in [0.3, 0.4) is 0 Å². The molecule has 0 bridgehead atoms. The maximum absolute atomic E-state index is 13.3. The van der Waals surface area contributed by atoms with E-state index in [9.17, 15) is 9.59 Å². The standard InChI is InChI=1S/C20H19NO3S2/c1-3-24-19(23)18-14-11-7-10-13-15(12-8-5-4-6-9-12)17(22)16(21(13)14)20(25-2)26-18/h4-10,14,18H,3,11H2,1-2H3/t14-,18+/m0/s1. The van der Waals surface area contributed by atoms with Crippen molar-refractivity contribution in [1.82, 2.24) is 4.90 Å². The third kappa shape index (κ3) is 2.63. The first kappa shape index (κ1) is 17.5. The first-order chi connectivity index (χ1) is 12.7. The zero-order valence-electron chi connectivity index (χ0n) is 14.6. The molecule has 0 spiro atoms. The summed E-state index contributed by atoms with van der Waals surface area (Å²) in [5.41, 5.74) is 3.25. The predicted molar refractivity (Wildman–Crippen MR) is 106 cm³/mol. The predicted octanol–water partition coefficient (Wildman–Crippen LogP) is 3.82. The van der Waals surface area contributed by atoms with Crippen molar-refractivity contribution in [3.8, 4) is 0 Å². The molecule has 134 valence electrons. The lowest BCUT2D eigenvalue weighted by Crippen LogP contribution is -2.48. The topological polar surface area (TPSA) is 46.6 Å². The van der Waals surface area contributed by atoms with Gasteiger partial charge in [-0.25, -0.2) is 0 Å². The van der Waals surface area contributed by atoms with Crippen molar-refractivity contribution in [3.05, 3.63) is 63.7 Å². The Balaban J connectivity index is 1.87. The molecule has 3 heterocycles. The van der Waals surface area contributed by atoms with E-state index in [0.717, 1.165) is 27.5 Å². The number of ketones is 1. The molecule has 3 aliphatic rings. The molecule has 0 unspecified atom stereocenters. The Morgan fingerprint density at radius 2 is 2.12 bits per heavy atom. The summed E-state index contributed by atoms with van der Waals surface area (Å²) >= 11 is 2.99. The molecule has 2 atom stereocenters. The average Bonchev–Trinajstić information content (AvgIpc) is 2.97. The minimum Gasteiger partial charge on any atom is -0.465 e. The largest absolute Gasteiger partial charge is 0.465 e. The van der Waals surface area contributed by atoms with Crippen LogP contribution in [-0.4, -0.2) is 40.8 Å². The van der Waals surface area contributed by atoms with E-state index in [-0.39, 0.29) is 23.0 Å². The van der Waals surface area contributed by atoms with E-state index < -0.39 is 0 Å². The van der Waals surface area contributed by atoms with Crippen LogP contribution in [0.5, 0.6) is 0 Å². The van der Waals surface area contributed by atoms with Crippen molar-refractivity contribution in [2.75, 3.05) is 12.9 Å². The Morgan fingerprint density at radius 3 is 2.81 bits per heavy atom. The summed E-state index contributed by atoms with van der Waals surface area (Å²) in [4.78, 5) is 28.0. The van der Waals surface area contributed by atoms with Crippen molar-refractivity contribution in [2.45, 2.75) is 24.6 Å². The quantitative estimate of drug-likeness (QED) is 0.735. The van der Waals surface area contributed by atoms with Gasteiger partial charge in [0.2, 0.25) is 5.78 Å². The van der Waals surface area contributed by atoms with Crippen molar-refractivity contribution >= 4 is 40.8 Å². The maximum atomic E-state index is 13.3. The molecule has 0 aromatic heterocycles. The second-order valence-electron chi connectivity index (χ2n) is 6.16. The molecule has 0 N–H and O–H groups in total. The molecule has 0 saturated heterocycles. The van der Waals surface area contributed by atoms with Crippen molar-refractivity contribution in [2.24, 2.45) is 0 Å². The number of carbonyl (C=O) groups excluding carboxylic acids is 2. The van der Waals surface area contributed by atoms with E-state index >= 15 is 0 Å². The zero-order valence-corrected chi connectivity index (χ0v) is 16.2. The fourth-order valence-electron chi connectivity index (χ4n) is 3.68. The van der Waals surface area contributed by atoms with E-state index in [1.807, 2.05) is 49.6 Å². The number of hydrogen-bond donors (Lipinski definition) is 0. The normalized spacial score (nSPS) is 24.2. The number of thioether (sulfide) groups is 2. The number of hydrogen-bond acceptors (Lipinski definition) is 6. The third-order valence-corrected chi connectivity index (χ3v) is 7.25. The van der Waals surface area contributed by atoms with Gasteiger partial charge in [-0.2, -0.15) is 0 Å². The van der Waals surface area contributed by atoms with Crippen LogP contribution in [0.1, 0.15) is 18.9 Å². The summed E-state index contributed by atoms with van der Waals surface area (Å²) in [5.74, 6) is -0.162. The Morgan fingerprint density at radius 1 is 1.35 bits per heavy atom. The van der Waals surface area contributed by atoms with Crippen LogP contribution in [-0.2, 0) is 14.3 Å². The highest BCUT2D eigenvalue weighted by Crippen LogP contribution is 2.52. The van der Waals surface area contributed by atoms with Crippen LogP contribution in [0.25, 0.3) is 5.57 Å². The highest BCUT2D eigenvalue weighted by Gasteiger charge is 2.49. The fourth-order valence-corrected chi connectivity index (χ4v) is 5.84. The summed E-state index contributed by atoms with van der Waals surface area (Å²) in [6.45, 7) is 2.18. The molecule has 0 aliphatic carbocycles. The van der Waals surface area contributed by atoms with E-state index in [2.05, 4.69) is 11.0 Å². The van der Waals surface area contributed by atoms with Gasteiger partial charge >= 0.3 is 5.97 Å². The lowest BCUT2D eigenvalue weighted by atomic mass is 9.99. The number of esters is 1. The second-order valence-corrected chi connectivity index (χ2v) is 8.39. The molecular formula is C20H19NO3S2. The highest BCUT2D eigenvalue weighted by atomic mass is 32.2. The zero-order chi connectivity index (χ0) is 18.3. The van der Waals surface area contributed by atoms with Gasteiger partial charge in [0.05, 0.1) is 28.2 Å². The van der Waals surface area contributed by atoms with Crippen LogP contribution in [0.2, 0.25) is 0 Å². The van der Waals surface area contributed by atoms with Gasteiger partial charge in [-0.15, -0.1) is 11.8 Å². The Labute approximate surface area is 161 Å². The van der Waals surface area contributed by atoms with Gasteiger partial charge in [0.1, 0.15) is 10.9 Å². The maximum Gasteiger partial charge on any atom is 0.321 e. The number of nitrogens with zero attached hydrogens (tertiary/aromatic N) is 1. The summed E-state index contributed by atoms with van der Waals surface area (Å²) in [7, 11) is 0. The molecule has 26 heavy (non-hydrogen) atoms. The monoisotopic (exact) mass is 385 g/mol. The van der Waals surface area contributed by atoms with Crippen LogP contribution in [0.15, 0.2) is 58.1 Å². The molecule has 0 saturated carbocycles. The summed E-state index contributed by atoms with van der Waals surface area (Å²) in [6.07, 6.45) is 6.75. The van der Waals surface area contributed by atoms with Crippen molar-refractivity contribution < 1.29 is 14.3 Å². The van der Waals surface area contributed by atoms with Gasteiger partial charge in [-0.3, -0.25) is 9.59 Å². The molecule has 4 rings (SSSR count). The number of Topliss-reactive ketones (excluding diaryl/α,β-unsaturated/α-hetero) is 1. The molecule has 3 aliphatic heterocycles. The molecule has 0 radical (unpaired) electrons. The molecule has 1 aromatic carbocycles. The van der Waals surface area contributed by atoms with Gasteiger partial charge in [0, 0.05) is 0 Å².